The number of rotatable bonds is 4. The van der Waals surface area contributed by atoms with E-state index in [0.717, 1.165) is 74.0 Å². The molecule has 8 aliphatic rings. The van der Waals surface area contributed by atoms with Crippen molar-refractivity contribution in [1.29, 1.82) is 0 Å². The first-order valence-electron chi connectivity index (χ1n) is 12.9. The number of nitrogens with zero attached hydrogens (tertiary/aromatic N) is 2. The molecule has 1 heterocycles. The smallest absolute Gasteiger partial charge is 0.271 e. The van der Waals surface area contributed by atoms with Crippen molar-refractivity contribution in [1.82, 2.24) is 15.3 Å². The van der Waals surface area contributed by atoms with Gasteiger partial charge >= 0.3 is 0 Å². The van der Waals surface area contributed by atoms with E-state index >= 15 is 0 Å². The Morgan fingerprint density at radius 1 is 0.719 bits per heavy atom. The Hall–Kier alpha value is -1.98. The topological polar surface area (TPSA) is 84.0 Å². The summed E-state index contributed by atoms with van der Waals surface area (Å²) in [6.07, 6.45) is 17.6. The molecular weight excluding hydrogens is 400 g/mol. The van der Waals surface area contributed by atoms with Crippen molar-refractivity contribution < 1.29 is 9.59 Å². The maximum absolute atomic E-state index is 13.2. The van der Waals surface area contributed by atoms with Crippen molar-refractivity contribution in [3.05, 3.63) is 18.1 Å². The molecule has 8 saturated carbocycles. The van der Waals surface area contributed by atoms with Crippen LogP contribution in [0.4, 0.5) is 5.82 Å². The van der Waals surface area contributed by atoms with Crippen LogP contribution in [0.2, 0.25) is 0 Å². The van der Waals surface area contributed by atoms with E-state index in [4.69, 9.17) is 0 Å². The molecule has 8 bridgehead atoms. The Bertz CT molecular complexity index is 885. The van der Waals surface area contributed by atoms with Gasteiger partial charge in [-0.05, 0) is 113 Å². The fourth-order valence-corrected chi connectivity index (χ4v) is 9.72. The van der Waals surface area contributed by atoms with E-state index in [1.165, 1.54) is 44.7 Å². The van der Waals surface area contributed by atoms with Gasteiger partial charge in [-0.3, -0.25) is 9.59 Å². The Kier molecular flexibility index (Phi) is 4.12. The number of nitrogens with one attached hydrogen (secondary N) is 2. The number of hydrogen-bond acceptors (Lipinski definition) is 4. The minimum atomic E-state index is -0.203. The highest BCUT2D eigenvalue weighted by molar-refractivity contribution is 5.95. The zero-order chi connectivity index (χ0) is 21.5. The maximum atomic E-state index is 13.2. The minimum Gasteiger partial charge on any atom is -0.345 e. The van der Waals surface area contributed by atoms with Crippen molar-refractivity contribution >= 4 is 17.6 Å². The van der Waals surface area contributed by atoms with Gasteiger partial charge in [0.15, 0.2) is 5.82 Å². The predicted molar refractivity (Wildman–Crippen MR) is 120 cm³/mol. The highest BCUT2D eigenvalue weighted by Crippen LogP contribution is 2.60. The number of aromatic nitrogens is 2. The second kappa shape index (κ2) is 6.77. The standard InChI is InChI=1S/C26H34N4O2/c31-23(30-26-10-18-4-19(11-26)6-20(5-18)12-26)21-13-28-22(14-27-21)29-24(32)25-7-15-1-16(8-25)3-17(2-15)9-25/h13-20H,1-12H2,(H,30,31)(H,28,29,32). The molecule has 0 saturated heterocycles. The number of carbonyl (C=O) groups is 2. The molecular formula is C26H34N4O2. The van der Waals surface area contributed by atoms with E-state index in [2.05, 4.69) is 20.6 Å². The number of hydrogen-bond donors (Lipinski definition) is 2. The summed E-state index contributed by atoms with van der Waals surface area (Å²) in [6.45, 7) is 0. The van der Waals surface area contributed by atoms with E-state index in [1.807, 2.05) is 0 Å². The quantitative estimate of drug-likeness (QED) is 0.739. The number of anilines is 1. The largest absolute Gasteiger partial charge is 0.345 e. The van der Waals surface area contributed by atoms with Crippen LogP contribution in [0.5, 0.6) is 0 Å². The highest BCUT2D eigenvalue weighted by Gasteiger charge is 2.55. The Morgan fingerprint density at radius 3 is 1.69 bits per heavy atom. The molecule has 2 amide bonds. The first kappa shape index (κ1) is 19.5. The van der Waals surface area contributed by atoms with Crippen molar-refractivity contribution in [2.45, 2.75) is 82.6 Å². The summed E-state index contributed by atoms with van der Waals surface area (Å²) < 4.78 is 0. The third-order valence-corrected chi connectivity index (χ3v) is 10.1. The van der Waals surface area contributed by atoms with Gasteiger partial charge < -0.3 is 10.6 Å². The van der Waals surface area contributed by atoms with Crippen molar-refractivity contribution in [2.24, 2.45) is 40.9 Å². The monoisotopic (exact) mass is 434 g/mol. The lowest BCUT2D eigenvalue weighted by molar-refractivity contribution is -0.140. The lowest BCUT2D eigenvalue weighted by Crippen LogP contribution is -2.59. The first-order valence-corrected chi connectivity index (χ1v) is 12.9. The lowest BCUT2D eigenvalue weighted by Gasteiger charge is -2.56. The summed E-state index contributed by atoms with van der Waals surface area (Å²) in [5, 5.41) is 6.41. The summed E-state index contributed by atoms with van der Waals surface area (Å²) in [5.41, 5.74) is 0.123. The molecule has 0 unspecified atom stereocenters. The fraction of sp³-hybridized carbons (Fsp3) is 0.769. The zero-order valence-corrected chi connectivity index (χ0v) is 18.8. The summed E-state index contributed by atoms with van der Waals surface area (Å²) >= 11 is 0. The van der Waals surface area contributed by atoms with Crippen LogP contribution < -0.4 is 10.6 Å². The van der Waals surface area contributed by atoms with E-state index in [-0.39, 0.29) is 22.8 Å². The molecule has 0 aromatic carbocycles. The summed E-state index contributed by atoms with van der Waals surface area (Å²) in [5.74, 6) is 5.03. The van der Waals surface area contributed by atoms with Crippen LogP contribution in [-0.4, -0.2) is 27.3 Å². The van der Waals surface area contributed by atoms with Gasteiger partial charge in [-0.25, -0.2) is 9.97 Å². The van der Waals surface area contributed by atoms with Gasteiger partial charge in [0.2, 0.25) is 5.91 Å². The van der Waals surface area contributed by atoms with Crippen LogP contribution in [0, 0.1) is 40.9 Å². The third kappa shape index (κ3) is 3.12. The highest BCUT2D eigenvalue weighted by atomic mass is 16.2. The zero-order valence-electron chi connectivity index (χ0n) is 18.8. The lowest BCUT2D eigenvalue weighted by atomic mass is 9.49. The molecule has 6 heteroatoms. The van der Waals surface area contributed by atoms with Crippen LogP contribution in [0.15, 0.2) is 12.4 Å². The predicted octanol–water partition coefficient (Wildman–Crippen LogP) is 4.33. The molecule has 0 spiro atoms. The van der Waals surface area contributed by atoms with E-state index in [0.29, 0.717) is 11.5 Å². The van der Waals surface area contributed by atoms with E-state index in [1.54, 1.807) is 6.20 Å². The molecule has 2 N–H and O–H groups in total. The minimum absolute atomic E-state index is 0.0289. The molecule has 0 radical (unpaired) electrons. The molecule has 0 aliphatic heterocycles. The summed E-state index contributed by atoms with van der Waals surface area (Å²) in [4.78, 5) is 35.0. The van der Waals surface area contributed by atoms with Gasteiger partial charge in [0.1, 0.15) is 5.69 Å². The second-order valence-electron chi connectivity index (χ2n) is 12.6. The van der Waals surface area contributed by atoms with Gasteiger partial charge in [-0.1, -0.05) is 0 Å². The Balaban J connectivity index is 1.02. The number of carbonyl (C=O) groups excluding carboxylic acids is 2. The molecule has 1 aromatic heterocycles. The van der Waals surface area contributed by atoms with E-state index in [9.17, 15) is 9.59 Å². The molecule has 0 atom stereocenters. The first-order chi connectivity index (χ1) is 15.5. The van der Waals surface area contributed by atoms with Gasteiger partial charge in [-0.2, -0.15) is 0 Å². The molecule has 1 aromatic rings. The van der Waals surface area contributed by atoms with Gasteiger partial charge in [0.05, 0.1) is 17.8 Å². The Morgan fingerprint density at radius 2 is 1.22 bits per heavy atom. The summed E-state index contributed by atoms with van der Waals surface area (Å²) in [6, 6.07) is 0. The van der Waals surface area contributed by atoms with Gasteiger partial charge in [0.25, 0.3) is 5.91 Å². The maximum Gasteiger partial charge on any atom is 0.271 e. The molecule has 32 heavy (non-hydrogen) atoms. The SMILES string of the molecule is O=C(NC12CC3CC(CC(C3)C1)C2)c1cnc(NC(=O)C23CC4CC(CC(C4)C2)C3)cn1. The second-order valence-corrected chi connectivity index (χ2v) is 12.6. The van der Waals surface area contributed by atoms with Crippen LogP contribution in [-0.2, 0) is 4.79 Å². The van der Waals surface area contributed by atoms with Gasteiger partial charge in [-0.15, -0.1) is 0 Å². The van der Waals surface area contributed by atoms with Crippen LogP contribution >= 0.6 is 0 Å². The number of amides is 2. The Labute approximate surface area is 189 Å². The van der Waals surface area contributed by atoms with Gasteiger partial charge in [0, 0.05) is 5.54 Å². The average molecular weight is 435 g/mol. The van der Waals surface area contributed by atoms with Crippen LogP contribution in [0.3, 0.4) is 0 Å². The third-order valence-electron chi connectivity index (χ3n) is 10.1. The van der Waals surface area contributed by atoms with Crippen molar-refractivity contribution in [2.75, 3.05) is 5.32 Å². The van der Waals surface area contributed by atoms with Crippen LogP contribution in [0.25, 0.3) is 0 Å². The van der Waals surface area contributed by atoms with Crippen molar-refractivity contribution in [3.8, 4) is 0 Å². The summed E-state index contributed by atoms with van der Waals surface area (Å²) in [7, 11) is 0. The molecule has 170 valence electrons. The van der Waals surface area contributed by atoms with Crippen molar-refractivity contribution in [3.63, 3.8) is 0 Å². The molecule has 6 nitrogen and oxygen atoms in total. The van der Waals surface area contributed by atoms with E-state index < -0.39 is 0 Å². The normalized spacial score (nSPS) is 45.1. The molecule has 8 aliphatic carbocycles. The average Bonchev–Trinajstić information content (AvgIpc) is 2.72. The van der Waals surface area contributed by atoms with Crippen LogP contribution in [0.1, 0.15) is 87.5 Å². The molecule has 8 fully saturated rings. The fourth-order valence-electron chi connectivity index (χ4n) is 9.72. The molecule has 9 rings (SSSR count).